The molecule has 0 atom stereocenters. The fraction of sp³-hybridized carbons (Fsp3) is 0.364. The van der Waals surface area contributed by atoms with E-state index in [-0.39, 0.29) is 0 Å². The molecule has 98 valence electrons. The summed E-state index contributed by atoms with van der Waals surface area (Å²) in [4.78, 5) is 0. The molecule has 0 spiro atoms. The molecule has 0 saturated carbocycles. The molecule has 0 aliphatic heterocycles. The van der Waals surface area contributed by atoms with Gasteiger partial charge in [0.1, 0.15) is 5.71 Å². The molecule has 18 heavy (non-hydrogen) atoms. The maximum Gasteiger partial charge on any atom is 0.186 e. The predicted octanol–water partition coefficient (Wildman–Crippen LogP) is 0.418. The Balaban J connectivity index is 2.97. The van der Waals surface area contributed by atoms with E-state index >= 15 is 0 Å². The van der Waals surface area contributed by atoms with Crippen LogP contribution in [0.4, 0.5) is 0 Å². The number of aryl methyl sites for hydroxylation is 1. The number of nitrogens with one attached hydrogen (secondary N) is 3. The lowest BCUT2D eigenvalue weighted by atomic mass is 10.2. The van der Waals surface area contributed by atoms with Crippen molar-refractivity contribution in [1.82, 2.24) is 20.7 Å². The van der Waals surface area contributed by atoms with Gasteiger partial charge in [0.15, 0.2) is 5.11 Å². The van der Waals surface area contributed by atoms with Crippen molar-refractivity contribution in [2.75, 3.05) is 14.1 Å². The molecule has 0 aromatic carbocycles. The average Bonchev–Trinajstić information content (AvgIpc) is 2.78. The van der Waals surface area contributed by atoms with Crippen molar-refractivity contribution in [3.8, 4) is 0 Å². The Labute approximate surface area is 112 Å². The molecular weight excluding hydrogens is 248 g/mol. The minimum atomic E-state index is 0.463. The zero-order valence-corrected chi connectivity index (χ0v) is 11.8. The number of aromatic nitrogens is 1. The monoisotopic (exact) mass is 266 g/mol. The van der Waals surface area contributed by atoms with E-state index in [9.17, 15) is 0 Å². The van der Waals surface area contributed by atoms with E-state index in [0.717, 1.165) is 17.1 Å². The third kappa shape index (κ3) is 3.56. The van der Waals surface area contributed by atoms with Crippen molar-refractivity contribution in [3.63, 3.8) is 0 Å². The van der Waals surface area contributed by atoms with Gasteiger partial charge >= 0.3 is 0 Å². The fourth-order valence-electron chi connectivity index (χ4n) is 1.39. The number of nitrogens with zero attached hydrogens (tertiary/aromatic N) is 3. The summed E-state index contributed by atoms with van der Waals surface area (Å²) in [5, 5.41) is 11.7. The Morgan fingerprint density at radius 3 is 2.56 bits per heavy atom. The molecule has 1 aromatic heterocycles. The zero-order chi connectivity index (χ0) is 13.5. The van der Waals surface area contributed by atoms with Gasteiger partial charge in [0.2, 0.25) is 0 Å². The predicted molar refractivity (Wildman–Crippen MR) is 78.9 cm³/mol. The van der Waals surface area contributed by atoms with E-state index in [4.69, 9.17) is 12.2 Å². The highest BCUT2D eigenvalue weighted by Gasteiger charge is 2.10. The number of hydrazone groups is 2. The topological polar surface area (TPSA) is 65.7 Å². The molecule has 3 N–H and O–H groups in total. The summed E-state index contributed by atoms with van der Waals surface area (Å²) in [6.45, 7) is 1.87. The second kappa shape index (κ2) is 6.75. The second-order valence-corrected chi connectivity index (χ2v) is 3.98. The summed E-state index contributed by atoms with van der Waals surface area (Å²) in [5.41, 5.74) is 8.00. The standard InChI is InChI=1S/C11H18N6S/c1-8(14-16-11(18)12-2)10(15-13-3)9-6-5-7-17(9)4/h5-7,13H,1-4H3,(H2,12,16,18)/b14-8+,15-10-. The van der Waals surface area contributed by atoms with Gasteiger partial charge in [0.05, 0.1) is 11.4 Å². The number of hydrogen-bond donors (Lipinski definition) is 3. The van der Waals surface area contributed by atoms with Crippen molar-refractivity contribution < 1.29 is 0 Å². The van der Waals surface area contributed by atoms with Crippen molar-refractivity contribution in [2.24, 2.45) is 17.3 Å². The molecule has 0 aliphatic rings. The van der Waals surface area contributed by atoms with Crippen LogP contribution in [0.15, 0.2) is 28.5 Å². The van der Waals surface area contributed by atoms with Gasteiger partial charge in [0.25, 0.3) is 0 Å². The largest absolute Gasteiger partial charge is 0.364 e. The molecule has 0 saturated heterocycles. The van der Waals surface area contributed by atoms with Gasteiger partial charge in [-0.2, -0.15) is 10.2 Å². The first-order valence-corrected chi connectivity index (χ1v) is 5.89. The molecule has 0 fully saturated rings. The number of thiocarbonyl (C=S) groups is 1. The van der Waals surface area contributed by atoms with Gasteiger partial charge in [-0.05, 0) is 31.3 Å². The van der Waals surface area contributed by atoms with Crippen molar-refractivity contribution in [3.05, 3.63) is 24.0 Å². The Morgan fingerprint density at radius 1 is 1.33 bits per heavy atom. The highest BCUT2D eigenvalue weighted by molar-refractivity contribution is 7.80. The summed E-state index contributed by atoms with van der Waals surface area (Å²) in [6.07, 6.45) is 1.96. The molecule has 0 radical (unpaired) electrons. The maximum absolute atomic E-state index is 4.96. The maximum atomic E-state index is 4.96. The van der Waals surface area contributed by atoms with Crippen LogP contribution in [-0.4, -0.2) is 35.2 Å². The van der Waals surface area contributed by atoms with Crippen LogP contribution >= 0.6 is 12.2 Å². The first kappa shape index (κ1) is 14.2. The lowest BCUT2D eigenvalue weighted by Crippen LogP contribution is -2.30. The van der Waals surface area contributed by atoms with Gasteiger partial charge < -0.3 is 15.3 Å². The van der Waals surface area contributed by atoms with E-state index < -0.39 is 0 Å². The number of hydrogen-bond acceptors (Lipinski definition) is 4. The van der Waals surface area contributed by atoms with Crippen LogP contribution in [0.2, 0.25) is 0 Å². The Hall–Kier alpha value is -1.89. The molecule has 0 bridgehead atoms. The molecule has 0 aliphatic carbocycles. The lowest BCUT2D eigenvalue weighted by Gasteiger charge is -2.08. The molecule has 6 nitrogen and oxygen atoms in total. The van der Waals surface area contributed by atoms with Crippen LogP contribution in [0.5, 0.6) is 0 Å². The van der Waals surface area contributed by atoms with Crippen LogP contribution in [0.3, 0.4) is 0 Å². The van der Waals surface area contributed by atoms with E-state index in [1.54, 1.807) is 14.1 Å². The van der Waals surface area contributed by atoms with E-state index in [1.165, 1.54) is 0 Å². The average molecular weight is 266 g/mol. The van der Waals surface area contributed by atoms with Crippen molar-refractivity contribution >= 4 is 28.8 Å². The lowest BCUT2D eigenvalue weighted by molar-refractivity contribution is 0.881. The quantitative estimate of drug-likeness (QED) is 0.420. The third-order valence-corrected chi connectivity index (χ3v) is 2.60. The van der Waals surface area contributed by atoms with Crippen molar-refractivity contribution in [2.45, 2.75) is 6.92 Å². The fourth-order valence-corrected chi connectivity index (χ4v) is 1.43. The SMILES string of the molecule is CN/N=C(/C(C)=N/NC(=S)NC)c1cccn1C. The van der Waals surface area contributed by atoms with Gasteiger partial charge in [0, 0.05) is 27.3 Å². The molecule has 1 aromatic rings. The van der Waals surface area contributed by atoms with Gasteiger partial charge in [-0.15, -0.1) is 0 Å². The normalized spacial score (nSPS) is 12.2. The van der Waals surface area contributed by atoms with Crippen LogP contribution < -0.4 is 16.2 Å². The number of rotatable bonds is 4. The molecule has 1 heterocycles. The summed E-state index contributed by atoms with van der Waals surface area (Å²) >= 11 is 4.96. The summed E-state index contributed by atoms with van der Waals surface area (Å²) in [6, 6.07) is 3.94. The molecular formula is C11H18N6S. The summed E-state index contributed by atoms with van der Waals surface area (Å²) in [7, 11) is 5.45. The van der Waals surface area contributed by atoms with Gasteiger partial charge in [-0.1, -0.05) is 0 Å². The summed E-state index contributed by atoms with van der Waals surface area (Å²) < 4.78 is 1.98. The Kier molecular flexibility index (Phi) is 5.31. The van der Waals surface area contributed by atoms with E-state index in [0.29, 0.717) is 5.11 Å². The molecule has 0 amide bonds. The molecule has 0 unspecified atom stereocenters. The van der Waals surface area contributed by atoms with E-state index in [1.807, 2.05) is 36.9 Å². The highest BCUT2D eigenvalue weighted by atomic mass is 32.1. The van der Waals surface area contributed by atoms with Gasteiger partial charge in [-0.25, -0.2) is 0 Å². The minimum absolute atomic E-state index is 0.463. The first-order valence-electron chi connectivity index (χ1n) is 5.48. The van der Waals surface area contributed by atoms with E-state index in [2.05, 4.69) is 26.4 Å². The molecule has 7 heteroatoms. The molecule has 1 rings (SSSR count). The third-order valence-electron chi connectivity index (χ3n) is 2.30. The Morgan fingerprint density at radius 2 is 2.06 bits per heavy atom. The second-order valence-electron chi connectivity index (χ2n) is 3.58. The van der Waals surface area contributed by atoms with Crippen molar-refractivity contribution in [1.29, 1.82) is 0 Å². The van der Waals surface area contributed by atoms with Crippen LogP contribution in [0.1, 0.15) is 12.6 Å². The highest BCUT2D eigenvalue weighted by Crippen LogP contribution is 2.03. The smallest absolute Gasteiger partial charge is 0.186 e. The van der Waals surface area contributed by atoms with Crippen LogP contribution in [0.25, 0.3) is 0 Å². The Bertz CT molecular complexity index is 474. The van der Waals surface area contributed by atoms with Crippen LogP contribution in [0, 0.1) is 0 Å². The zero-order valence-electron chi connectivity index (χ0n) is 11.0. The van der Waals surface area contributed by atoms with Crippen LogP contribution in [-0.2, 0) is 7.05 Å². The minimum Gasteiger partial charge on any atom is -0.364 e. The first-order chi connectivity index (χ1) is 8.60. The summed E-state index contributed by atoms with van der Waals surface area (Å²) in [5.74, 6) is 0. The van der Waals surface area contributed by atoms with Gasteiger partial charge in [-0.3, -0.25) is 5.43 Å².